The molecular formula is C23H22N4O4. The molecule has 1 aliphatic heterocycles. The van der Waals surface area contributed by atoms with Gasteiger partial charge in [0.2, 0.25) is 0 Å². The maximum absolute atomic E-state index is 12.3. The highest BCUT2D eigenvalue weighted by atomic mass is 16.5. The second-order valence-corrected chi connectivity index (χ2v) is 7.46. The van der Waals surface area contributed by atoms with Crippen LogP contribution in [-0.2, 0) is 17.9 Å². The summed E-state index contributed by atoms with van der Waals surface area (Å²) in [7, 11) is 0. The summed E-state index contributed by atoms with van der Waals surface area (Å²) >= 11 is 0. The van der Waals surface area contributed by atoms with Gasteiger partial charge < -0.3 is 9.64 Å². The minimum Gasteiger partial charge on any atom is -0.487 e. The molecule has 2 heterocycles. The monoisotopic (exact) mass is 418 g/mol. The first-order valence-electron chi connectivity index (χ1n) is 10.1. The number of benzene rings is 2. The molecule has 1 amide bonds. The number of ether oxygens (including phenoxy) is 1. The standard InChI is InChI=1S/C23H22N4O4/c1-16-4-9-21-20(12-16)22(29)23(30)27(21)11-3-2-10-26-13-18(24-25-26)15-31-19-7-5-17(14-28)6-8-19/h4-9,12-14H,2-3,10-11,15H2,1H3. The van der Waals surface area contributed by atoms with E-state index in [9.17, 15) is 14.4 Å². The number of hydrogen-bond acceptors (Lipinski definition) is 6. The molecule has 0 aliphatic carbocycles. The lowest BCUT2D eigenvalue weighted by Gasteiger charge is -2.16. The van der Waals surface area contributed by atoms with Gasteiger partial charge in [-0.2, -0.15) is 0 Å². The third-order valence-electron chi connectivity index (χ3n) is 5.13. The smallest absolute Gasteiger partial charge is 0.299 e. The summed E-state index contributed by atoms with van der Waals surface area (Å²) in [6.07, 6.45) is 4.13. The number of aromatic nitrogens is 3. The second kappa shape index (κ2) is 8.91. The van der Waals surface area contributed by atoms with Crippen LogP contribution in [0.4, 0.5) is 5.69 Å². The molecule has 0 spiro atoms. The largest absolute Gasteiger partial charge is 0.487 e. The van der Waals surface area contributed by atoms with Gasteiger partial charge in [-0.05, 0) is 56.2 Å². The second-order valence-electron chi connectivity index (χ2n) is 7.46. The molecule has 0 bridgehead atoms. The molecule has 0 saturated carbocycles. The number of hydrogen-bond donors (Lipinski definition) is 0. The third-order valence-corrected chi connectivity index (χ3v) is 5.13. The van der Waals surface area contributed by atoms with Crippen molar-refractivity contribution < 1.29 is 19.1 Å². The van der Waals surface area contributed by atoms with E-state index < -0.39 is 11.7 Å². The Bertz CT molecular complexity index is 1120. The minimum absolute atomic E-state index is 0.279. The summed E-state index contributed by atoms with van der Waals surface area (Å²) < 4.78 is 7.39. The number of ketones is 1. The fourth-order valence-corrected chi connectivity index (χ4v) is 3.49. The van der Waals surface area contributed by atoms with Crippen molar-refractivity contribution in [2.75, 3.05) is 11.4 Å². The lowest BCUT2D eigenvalue weighted by atomic mass is 10.1. The summed E-state index contributed by atoms with van der Waals surface area (Å²) in [6, 6.07) is 12.4. The Balaban J connectivity index is 1.24. The average molecular weight is 418 g/mol. The first kappa shape index (κ1) is 20.5. The zero-order chi connectivity index (χ0) is 21.8. The van der Waals surface area contributed by atoms with Crippen LogP contribution in [-0.4, -0.2) is 39.5 Å². The molecule has 8 nitrogen and oxygen atoms in total. The molecule has 2 aromatic carbocycles. The topological polar surface area (TPSA) is 94.4 Å². The van der Waals surface area contributed by atoms with Gasteiger partial charge in [-0.1, -0.05) is 16.8 Å². The predicted octanol–water partition coefficient (Wildman–Crippen LogP) is 2.99. The van der Waals surface area contributed by atoms with Crippen molar-refractivity contribution in [2.45, 2.75) is 32.9 Å². The Kier molecular flexibility index (Phi) is 5.88. The number of unbranched alkanes of at least 4 members (excludes halogenated alkanes) is 1. The number of carbonyl (C=O) groups excluding carboxylic acids is 3. The molecular weight excluding hydrogens is 396 g/mol. The molecule has 31 heavy (non-hydrogen) atoms. The van der Waals surface area contributed by atoms with Crippen LogP contribution in [0.25, 0.3) is 0 Å². The van der Waals surface area contributed by atoms with Gasteiger partial charge in [-0.3, -0.25) is 19.1 Å². The van der Waals surface area contributed by atoms with Gasteiger partial charge in [0.25, 0.3) is 11.7 Å². The lowest BCUT2D eigenvalue weighted by Crippen LogP contribution is -2.30. The third kappa shape index (κ3) is 4.53. The van der Waals surface area contributed by atoms with Crippen molar-refractivity contribution >= 4 is 23.7 Å². The summed E-state index contributed by atoms with van der Waals surface area (Å²) in [5.41, 5.74) is 3.44. The Morgan fingerprint density at radius 2 is 1.81 bits per heavy atom. The zero-order valence-corrected chi connectivity index (χ0v) is 17.2. The van der Waals surface area contributed by atoms with Crippen LogP contribution in [0, 0.1) is 6.92 Å². The van der Waals surface area contributed by atoms with E-state index in [0.717, 1.165) is 24.7 Å². The maximum Gasteiger partial charge on any atom is 0.299 e. The SMILES string of the molecule is Cc1ccc2c(c1)C(=O)C(=O)N2CCCCn1cc(COc2ccc(C=O)cc2)nn1. The number of amides is 1. The molecule has 4 rings (SSSR count). The van der Waals surface area contributed by atoms with Crippen molar-refractivity contribution in [3.8, 4) is 5.75 Å². The van der Waals surface area contributed by atoms with Crippen molar-refractivity contribution in [3.63, 3.8) is 0 Å². The Morgan fingerprint density at radius 3 is 2.58 bits per heavy atom. The highest BCUT2D eigenvalue weighted by Crippen LogP contribution is 2.29. The lowest BCUT2D eigenvalue weighted by molar-refractivity contribution is -0.114. The number of anilines is 1. The first-order chi connectivity index (χ1) is 15.0. The molecule has 0 unspecified atom stereocenters. The molecule has 1 aliphatic rings. The van der Waals surface area contributed by atoms with E-state index in [2.05, 4.69) is 10.3 Å². The van der Waals surface area contributed by atoms with E-state index in [4.69, 9.17) is 4.74 Å². The molecule has 0 N–H and O–H groups in total. The highest BCUT2D eigenvalue weighted by molar-refractivity contribution is 6.52. The van der Waals surface area contributed by atoms with Crippen molar-refractivity contribution in [3.05, 3.63) is 71.0 Å². The van der Waals surface area contributed by atoms with Crippen molar-refractivity contribution in [1.29, 1.82) is 0 Å². The van der Waals surface area contributed by atoms with Crippen LogP contribution in [0.15, 0.2) is 48.7 Å². The Morgan fingerprint density at radius 1 is 1.03 bits per heavy atom. The normalized spacial score (nSPS) is 12.9. The number of rotatable bonds is 9. The number of Topliss-reactive ketones (excluding diaryl/α,β-unsaturated/α-hetero) is 1. The number of fused-ring (bicyclic) bond motifs is 1. The molecule has 0 radical (unpaired) electrons. The fraction of sp³-hybridized carbons (Fsp3) is 0.261. The van der Waals surface area contributed by atoms with E-state index in [1.165, 1.54) is 0 Å². The first-order valence-corrected chi connectivity index (χ1v) is 10.1. The van der Waals surface area contributed by atoms with Crippen LogP contribution < -0.4 is 9.64 Å². The summed E-state index contributed by atoms with van der Waals surface area (Å²) in [4.78, 5) is 36.7. The molecule has 158 valence electrons. The highest BCUT2D eigenvalue weighted by Gasteiger charge is 2.35. The van der Waals surface area contributed by atoms with Crippen LogP contribution in [0.5, 0.6) is 5.75 Å². The number of aryl methyl sites for hydroxylation is 2. The molecule has 0 fully saturated rings. The number of nitrogens with zero attached hydrogens (tertiary/aromatic N) is 4. The van der Waals surface area contributed by atoms with Gasteiger partial charge in [-0.25, -0.2) is 0 Å². The van der Waals surface area contributed by atoms with Gasteiger partial charge in [0.05, 0.1) is 17.4 Å². The van der Waals surface area contributed by atoms with Crippen molar-refractivity contribution in [1.82, 2.24) is 15.0 Å². The zero-order valence-electron chi connectivity index (χ0n) is 17.2. The fourth-order valence-electron chi connectivity index (χ4n) is 3.49. The van der Waals surface area contributed by atoms with E-state index in [1.807, 2.05) is 25.3 Å². The molecule has 3 aromatic rings. The van der Waals surface area contributed by atoms with E-state index in [-0.39, 0.29) is 6.61 Å². The van der Waals surface area contributed by atoms with E-state index in [0.29, 0.717) is 41.3 Å². The van der Waals surface area contributed by atoms with Crippen LogP contribution >= 0.6 is 0 Å². The van der Waals surface area contributed by atoms with Gasteiger partial charge in [-0.15, -0.1) is 5.10 Å². The molecule has 0 atom stereocenters. The molecule has 8 heteroatoms. The molecule has 0 saturated heterocycles. The number of aldehydes is 1. The van der Waals surface area contributed by atoms with Crippen LogP contribution in [0.2, 0.25) is 0 Å². The summed E-state index contributed by atoms with van der Waals surface area (Å²) in [6.45, 7) is 3.32. The van der Waals surface area contributed by atoms with Gasteiger partial charge in [0, 0.05) is 18.7 Å². The van der Waals surface area contributed by atoms with E-state index in [1.54, 1.807) is 39.9 Å². The summed E-state index contributed by atoms with van der Waals surface area (Å²) in [5, 5.41) is 8.21. The quantitative estimate of drug-likeness (QED) is 0.301. The Labute approximate surface area is 179 Å². The van der Waals surface area contributed by atoms with E-state index >= 15 is 0 Å². The molecule has 1 aromatic heterocycles. The van der Waals surface area contributed by atoms with Crippen LogP contribution in [0.3, 0.4) is 0 Å². The average Bonchev–Trinajstić information content (AvgIpc) is 3.33. The van der Waals surface area contributed by atoms with Gasteiger partial charge in [0.1, 0.15) is 24.3 Å². The van der Waals surface area contributed by atoms with Gasteiger partial charge >= 0.3 is 0 Å². The Hall–Kier alpha value is -3.81. The van der Waals surface area contributed by atoms with Gasteiger partial charge in [0.15, 0.2) is 0 Å². The maximum atomic E-state index is 12.3. The predicted molar refractivity (Wildman–Crippen MR) is 113 cm³/mol. The minimum atomic E-state index is -0.457. The van der Waals surface area contributed by atoms with Crippen molar-refractivity contribution in [2.24, 2.45) is 0 Å². The summed E-state index contributed by atoms with van der Waals surface area (Å²) in [5.74, 6) is -0.233. The number of carbonyl (C=O) groups is 3. The van der Waals surface area contributed by atoms with Crippen LogP contribution in [0.1, 0.15) is 44.8 Å².